The molecule has 0 aliphatic rings. The Balaban J connectivity index is 2.07. The van der Waals surface area contributed by atoms with E-state index in [0.29, 0.717) is 5.92 Å². The molecule has 0 spiro atoms. The van der Waals surface area contributed by atoms with Crippen molar-refractivity contribution in [2.75, 3.05) is 5.32 Å². The Morgan fingerprint density at radius 3 is 2.70 bits per heavy atom. The highest BCUT2D eigenvalue weighted by molar-refractivity contribution is 9.10. The third-order valence-electron chi connectivity index (χ3n) is 2.82. The van der Waals surface area contributed by atoms with E-state index < -0.39 is 0 Å². The number of hydrogen-bond acceptors (Lipinski definition) is 4. The highest BCUT2D eigenvalue weighted by Gasteiger charge is 2.13. The van der Waals surface area contributed by atoms with Crippen LogP contribution in [0.5, 0.6) is 0 Å². The van der Waals surface area contributed by atoms with Crippen LogP contribution in [-0.4, -0.2) is 10.2 Å². The number of aromatic nitrogens is 2. The Kier molecular flexibility index (Phi) is 5.10. The van der Waals surface area contributed by atoms with Crippen molar-refractivity contribution in [1.82, 2.24) is 10.2 Å². The first-order valence-electron chi connectivity index (χ1n) is 6.49. The normalized spacial score (nSPS) is 12.7. The molecule has 0 fully saturated rings. The molecule has 1 aromatic heterocycles. The first-order chi connectivity index (χ1) is 9.45. The summed E-state index contributed by atoms with van der Waals surface area (Å²) < 4.78 is 13.8. The third kappa shape index (κ3) is 3.99. The number of nitrogens with zero attached hydrogens (tertiary/aromatic N) is 2. The number of hydrogen-bond donors (Lipinski definition) is 1. The predicted octanol–water partition coefficient (Wildman–Crippen LogP) is 4.81. The van der Waals surface area contributed by atoms with Gasteiger partial charge in [-0.2, -0.15) is 0 Å². The minimum Gasteiger partial charge on any atom is -0.354 e. The van der Waals surface area contributed by atoms with Gasteiger partial charge in [0.1, 0.15) is 10.8 Å². The summed E-state index contributed by atoms with van der Waals surface area (Å²) in [6, 6.07) is 4.73. The van der Waals surface area contributed by atoms with E-state index in [9.17, 15) is 4.39 Å². The topological polar surface area (TPSA) is 37.8 Å². The molecule has 0 saturated carbocycles. The van der Waals surface area contributed by atoms with Gasteiger partial charge in [-0.05, 0) is 30.5 Å². The van der Waals surface area contributed by atoms with Crippen LogP contribution in [0.25, 0.3) is 0 Å². The van der Waals surface area contributed by atoms with Gasteiger partial charge in [0.2, 0.25) is 5.13 Å². The lowest BCUT2D eigenvalue weighted by molar-refractivity contribution is 0.625. The van der Waals surface area contributed by atoms with Gasteiger partial charge in [-0.15, -0.1) is 10.2 Å². The quantitative estimate of drug-likeness (QED) is 0.833. The highest BCUT2D eigenvalue weighted by Crippen LogP contribution is 2.28. The molecule has 2 aromatic rings. The van der Waals surface area contributed by atoms with Crippen LogP contribution in [0, 0.1) is 11.7 Å². The molecule has 1 aromatic carbocycles. The summed E-state index contributed by atoms with van der Waals surface area (Å²) in [7, 11) is 0. The van der Waals surface area contributed by atoms with Gasteiger partial charge in [0.05, 0.1) is 6.04 Å². The van der Waals surface area contributed by atoms with E-state index in [1.54, 1.807) is 17.4 Å². The van der Waals surface area contributed by atoms with Crippen LogP contribution in [-0.2, 0) is 6.42 Å². The molecule has 0 saturated heterocycles. The molecular formula is C14H17BrFN3S. The van der Waals surface area contributed by atoms with Crippen LogP contribution in [0.15, 0.2) is 22.7 Å². The van der Waals surface area contributed by atoms with E-state index in [-0.39, 0.29) is 11.9 Å². The fourth-order valence-corrected chi connectivity index (χ4v) is 3.59. The predicted molar refractivity (Wildman–Crippen MR) is 84.6 cm³/mol. The van der Waals surface area contributed by atoms with Crippen LogP contribution in [0.3, 0.4) is 0 Å². The van der Waals surface area contributed by atoms with Gasteiger partial charge in [-0.3, -0.25) is 0 Å². The number of anilines is 1. The Bertz CT molecular complexity index is 586. The van der Waals surface area contributed by atoms with Crippen molar-refractivity contribution in [3.05, 3.63) is 39.1 Å². The summed E-state index contributed by atoms with van der Waals surface area (Å²) >= 11 is 4.96. The lowest BCUT2D eigenvalue weighted by atomic mass is 10.1. The Labute approximate surface area is 130 Å². The molecule has 1 unspecified atom stereocenters. The molecule has 20 heavy (non-hydrogen) atoms. The zero-order valence-corrected chi connectivity index (χ0v) is 14.1. The van der Waals surface area contributed by atoms with Crippen molar-refractivity contribution in [3.8, 4) is 0 Å². The number of halogens is 2. The maximum atomic E-state index is 13.1. The molecular weight excluding hydrogens is 341 g/mol. The van der Waals surface area contributed by atoms with Crippen LogP contribution < -0.4 is 5.32 Å². The van der Waals surface area contributed by atoms with Crippen LogP contribution in [0.4, 0.5) is 9.52 Å². The fraction of sp³-hybridized carbons (Fsp3) is 0.429. The number of nitrogens with one attached hydrogen (secondary N) is 1. The number of benzene rings is 1. The molecule has 2 rings (SSSR count). The third-order valence-corrected chi connectivity index (χ3v) is 4.38. The second-order valence-corrected chi connectivity index (χ2v) is 7.05. The molecule has 1 N–H and O–H groups in total. The summed E-state index contributed by atoms with van der Waals surface area (Å²) in [5.41, 5.74) is 0.993. The molecule has 0 aliphatic heterocycles. The maximum absolute atomic E-state index is 13.1. The molecule has 0 radical (unpaired) electrons. The molecule has 3 nitrogen and oxygen atoms in total. The molecule has 1 heterocycles. The van der Waals surface area contributed by atoms with E-state index in [4.69, 9.17) is 0 Å². The van der Waals surface area contributed by atoms with Gasteiger partial charge in [0.25, 0.3) is 0 Å². The summed E-state index contributed by atoms with van der Waals surface area (Å²) in [5.74, 6) is 0.322. The van der Waals surface area contributed by atoms with Gasteiger partial charge in [-0.1, -0.05) is 47.2 Å². The maximum Gasteiger partial charge on any atom is 0.206 e. The van der Waals surface area contributed by atoms with Crippen molar-refractivity contribution in [2.45, 2.75) is 33.2 Å². The molecule has 0 amide bonds. The van der Waals surface area contributed by atoms with Gasteiger partial charge in [0, 0.05) is 10.9 Å². The van der Waals surface area contributed by atoms with Crippen molar-refractivity contribution in [1.29, 1.82) is 0 Å². The SMILES string of the molecule is CC(C)Cc1nnc(NC(C)c2ccc(F)cc2Br)s1. The smallest absolute Gasteiger partial charge is 0.206 e. The minimum absolute atomic E-state index is 0.0322. The summed E-state index contributed by atoms with van der Waals surface area (Å²) in [6.07, 6.45) is 0.938. The number of rotatable bonds is 5. The second-order valence-electron chi connectivity index (χ2n) is 5.13. The van der Waals surface area contributed by atoms with E-state index in [0.717, 1.165) is 26.6 Å². The van der Waals surface area contributed by atoms with E-state index >= 15 is 0 Å². The average Bonchev–Trinajstić information content (AvgIpc) is 2.75. The van der Waals surface area contributed by atoms with Gasteiger partial charge >= 0.3 is 0 Å². The van der Waals surface area contributed by atoms with Crippen LogP contribution in [0.2, 0.25) is 0 Å². The fourth-order valence-electron chi connectivity index (χ4n) is 1.86. The molecule has 0 aliphatic carbocycles. The standard InChI is InChI=1S/C14H17BrFN3S/c1-8(2)6-13-18-19-14(20-13)17-9(3)11-5-4-10(16)7-12(11)15/h4-5,7-9H,6H2,1-3H3,(H,17,19). The lowest BCUT2D eigenvalue weighted by Crippen LogP contribution is -2.07. The minimum atomic E-state index is -0.247. The molecule has 6 heteroatoms. The van der Waals surface area contributed by atoms with Crippen molar-refractivity contribution >= 4 is 32.4 Å². The first kappa shape index (κ1) is 15.4. The van der Waals surface area contributed by atoms with Crippen LogP contribution >= 0.6 is 27.3 Å². The van der Waals surface area contributed by atoms with Crippen molar-refractivity contribution in [2.24, 2.45) is 5.92 Å². The lowest BCUT2D eigenvalue weighted by Gasteiger charge is -2.14. The average molecular weight is 358 g/mol. The van der Waals surface area contributed by atoms with E-state index in [1.165, 1.54) is 12.1 Å². The molecule has 1 atom stereocenters. The van der Waals surface area contributed by atoms with Crippen molar-refractivity contribution < 1.29 is 4.39 Å². The Hall–Kier alpha value is -1.01. The summed E-state index contributed by atoms with van der Waals surface area (Å²) in [5, 5.41) is 13.5. The second kappa shape index (κ2) is 6.63. The van der Waals surface area contributed by atoms with Crippen molar-refractivity contribution in [3.63, 3.8) is 0 Å². The van der Waals surface area contributed by atoms with Gasteiger partial charge < -0.3 is 5.32 Å². The molecule has 0 bridgehead atoms. The Morgan fingerprint density at radius 2 is 2.05 bits per heavy atom. The highest BCUT2D eigenvalue weighted by atomic mass is 79.9. The largest absolute Gasteiger partial charge is 0.354 e. The van der Waals surface area contributed by atoms with Gasteiger partial charge in [-0.25, -0.2) is 4.39 Å². The Morgan fingerprint density at radius 1 is 1.30 bits per heavy atom. The first-order valence-corrected chi connectivity index (χ1v) is 8.10. The van der Waals surface area contributed by atoms with Crippen LogP contribution in [0.1, 0.15) is 37.4 Å². The monoisotopic (exact) mass is 357 g/mol. The zero-order valence-electron chi connectivity index (χ0n) is 11.7. The van der Waals surface area contributed by atoms with E-state index in [2.05, 4.69) is 45.3 Å². The summed E-state index contributed by atoms with van der Waals surface area (Å²) in [6.45, 7) is 6.33. The van der Waals surface area contributed by atoms with E-state index in [1.807, 2.05) is 6.92 Å². The summed E-state index contributed by atoms with van der Waals surface area (Å²) in [4.78, 5) is 0. The zero-order chi connectivity index (χ0) is 14.7. The molecule has 108 valence electrons. The van der Waals surface area contributed by atoms with Gasteiger partial charge in [0.15, 0.2) is 0 Å².